The molecule has 1 fully saturated rings. The molecule has 0 saturated carbocycles. The van der Waals surface area contributed by atoms with Gasteiger partial charge in [-0.05, 0) is 19.1 Å². The summed E-state index contributed by atoms with van der Waals surface area (Å²) in [7, 11) is 0. The maximum atomic E-state index is 12.3. The molecule has 5 nitrogen and oxygen atoms in total. The second-order valence-corrected chi connectivity index (χ2v) is 7.45. The van der Waals surface area contributed by atoms with E-state index >= 15 is 0 Å². The van der Waals surface area contributed by atoms with Crippen LogP contribution in [-0.2, 0) is 11.3 Å². The van der Waals surface area contributed by atoms with E-state index in [-0.39, 0.29) is 11.3 Å². The number of fused-ring (bicyclic) bond motifs is 1. The van der Waals surface area contributed by atoms with Crippen molar-refractivity contribution in [2.45, 2.75) is 34.2 Å². The maximum absolute atomic E-state index is 12.3. The van der Waals surface area contributed by atoms with Gasteiger partial charge >= 0.3 is 0 Å². The first-order chi connectivity index (χ1) is 10.8. The molecule has 1 aliphatic rings. The maximum Gasteiger partial charge on any atom is 0.228 e. The minimum atomic E-state index is -0.290. The van der Waals surface area contributed by atoms with Gasteiger partial charge in [0.05, 0.1) is 5.69 Å². The van der Waals surface area contributed by atoms with Gasteiger partial charge in [0.2, 0.25) is 5.91 Å². The zero-order valence-corrected chi connectivity index (χ0v) is 14.5. The summed E-state index contributed by atoms with van der Waals surface area (Å²) < 4.78 is 2.13. The first-order valence-electron chi connectivity index (χ1n) is 8.30. The number of carbonyl (C=O) groups is 1. The van der Waals surface area contributed by atoms with Gasteiger partial charge in [-0.3, -0.25) is 9.69 Å². The summed E-state index contributed by atoms with van der Waals surface area (Å²) in [4.78, 5) is 21.4. The Bertz CT molecular complexity index is 705. The van der Waals surface area contributed by atoms with Gasteiger partial charge < -0.3 is 9.30 Å². The Morgan fingerprint density at radius 1 is 1.17 bits per heavy atom. The number of amides is 1. The zero-order valence-electron chi connectivity index (χ0n) is 14.5. The van der Waals surface area contributed by atoms with Gasteiger partial charge in [-0.25, -0.2) is 4.98 Å². The minimum absolute atomic E-state index is 0.250. The topological polar surface area (TPSA) is 40.9 Å². The summed E-state index contributed by atoms with van der Waals surface area (Å²) in [6, 6.07) is 6.17. The van der Waals surface area contributed by atoms with Crippen LogP contribution in [0.4, 0.5) is 0 Å². The van der Waals surface area contributed by atoms with Crippen LogP contribution < -0.4 is 0 Å². The van der Waals surface area contributed by atoms with Gasteiger partial charge in [0, 0.05) is 50.0 Å². The fourth-order valence-corrected chi connectivity index (χ4v) is 3.09. The molecule has 0 unspecified atom stereocenters. The van der Waals surface area contributed by atoms with E-state index in [0.29, 0.717) is 0 Å². The van der Waals surface area contributed by atoms with Crippen molar-refractivity contribution >= 4 is 11.6 Å². The largest absolute Gasteiger partial charge is 0.340 e. The highest BCUT2D eigenvalue weighted by atomic mass is 16.2. The zero-order chi connectivity index (χ0) is 16.6. The second-order valence-electron chi connectivity index (χ2n) is 7.45. The van der Waals surface area contributed by atoms with Gasteiger partial charge in [-0.15, -0.1) is 0 Å². The SMILES string of the molecule is Cc1cccc2nc(CN3CCN(C(=O)C(C)(C)C)CC3)cn12. The number of hydrogen-bond donors (Lipinski definition) is 0. The minimum Gasteiger partial charge on any atom is -0.340 e. The fourth-order valence-electron chi connectivity index (χ4n) is 3.09. The van der Waals surface area contributed by atoms with Crippen molar-refractivity contribution in [3.05, 3.63) is 35.8 Å². The van der Waals surface area contributed by atoms with Crippen molar-refractivity contribution in [3.63, 3.8) is 0 Å². The molecule has 3 heterocycles. The van der Waals surface area contributed by atoms with Gasteiger partial charge in [-0.2, -0.15) is 0 Å². The molecule has 0 atom stereocenters. The molecule has 0 aliphatic carbocycles. The number of imidazole rings is 1. The van der Waals surface area contributed by atoms with Crippen LogP contribution >= 0.6 is 0 Å². The van der Waals surface area contributed by atoms with E-state index in [9.17, 15) is 4.79 Å². The summed E-state index contributed by atoms with van der Waals surface area (Å²) in [5.41, 5.74) is 3.00. The smallest absolute Gasteiger partial charge is 0.228 e. The third kappa shape index (κ3) is 3.39. The van der Waals surface area contributed by atoms with E-state index in [1.807, 2.05) is 37.8 Å². The van der Waals surface area contributed by atoms with Crippen molar-refractivity contribution in [3.8, 4) is 0 Å². The van der Waals surface area contributed by atoms with E-state index in [4.69, 9.17) is 4.98 Å². The van der Waals surface area contributed by atoms with Crippen molar-refractivity contribution in [2.75, 3.05) is 26.2 Å². The van der Waals surface area contributed by atoms with Crippen molar-refractivity contribution in [1.29, 1.82) is 0 Å². The first kappa shape index (κ1) is 16.0. The van der Waals surface area contributed by atoms with E-state index in [2.05, 4.69) is 28.5 Å². The number of aryl methyl sites for hydroxylation is 1. The molecule has 1 saturated heterocycles. The Hall–Kier alpha value is -1.88. The predicted molar refractivity (Wildman–Crippen MR) is 91.2 cm³/mol. The van der Waals surface area contributed by atoms with Crippen LogP contribution in [0.2, 0.25) is 0 Å². The van der Waals surface area contributed by atoms with Crippen LogP contribution in [-0.4, -0.2) is 51.3 Å². The molecule has 5 heteroatoms. The highest BCUT2D eigenvalue weighted by Crippen LogP contribution is 2.19. The molecule has 0 bridgehead atoms. The predicted octanol–water partition coefficient (Wildman–Crippen LogP) is 2.33. The Morgan fingerprint density at radius 2 is 1.87 bits per heavy atom. The summed E-state index contributed by atoms with van der Waals surface area (Å²) >= 11 is 0. The molecule has 0 aromatic carbocycles. The third-order valence-electron chi connectivity index (χ3n) is 4.43. The molecule has 1 aliphatic heterocycles. The Labute approximate surface area is 137 Å². The number of piperazine rings is 1. The van der Waals surface area contributed by atoms with Crippen molar-refractivity contribution in [2.24, 2.45) is 5.41 Å². The number of aromatic nitrogens is 2. The number of carbonyl (C=O) groups excluding carboxylic acids is 1. The lowest BCUT2D eigenvalue weighted by atomic mass is 9.94. The molecule has 0 N–H and O–H groups in total. The highest BCUT2D eigenvalue weighted by Gasteiger charge is 2.29. The molecular formula is C18H26N4O. The van der Waals surface area contributed by atoms with Crippen LogP contribution in [0.3, 0.4) is 0 Å². The first-order valence-corrected chi connectivity index (χ1v) is 8.30. The lowest BCUT2D eigenvalue weighted by Crippen LogP contribution is -2.51. The summed E-state index contributed by atoms with van der Waals surface area (Å²) in [6.45, 7) is 12.3. The van der Waals surface area contributed by atoms with E-state index in [1.165, 1.54) is 5.69 Å². The summed E-state index contributed by atoms with van der Waals surface area (Å²) in [5, 5.41) is 0. The van der Waals surface area contributed by atoms with Crippen LogP contribution in [0, 0.1) is 12.3 Å². The molecule has 3 rings (SSSR count). The lowest BCUT2D eigenvalue weighted by Gasteiger charge is -2.37. The normalized spacial score (nSPS) is 17.0. The van der Waals surface area contributed by atoms with Crippen molar-refractivity contribution < 1.29 is 4.79 Å². The molecule has 2 aromatic rings. The van der Waals surface area contributed by atoms with Gasteiger partial charge in [0.25, 0.3) is 0 Å². The Morgan fingerprint density at radius 3 is 2.48 bits per heavy atom. The van der Waals surface area contributed by atoms with Crippen LogP contribution in [0.25, 0.3) is 5.65 Å². The molecule has 0 radical (unpaired) electrons. The quantitative estimate of drug-likeness (QED) is 0.854. The number of pyridine rings is 1. The Balaban J connectivity index is 1.62. The van der Waals surface area contributed by atoms with Crippen LogP contribution in [0.1, 0.15) is 32.2 Å². The number of hydrogen-bond acceptors (Lipinski definition) is 3. The summed E-state index contributed by atoms with van der Waals surface area (Å²) in [6.07, 6.45) is 2.12. The van der Waals surface area contributed by atoms with Gasteiger partial charge in [-0.1, -0.05) is 26.8 Å². The average Bonchev–Trinajstić information content (AvgIpc) is 2.90. The fraction of sp³-hybridized carbons (Fsp3) is 0.556. The molecule has 2 aromatic heterocycles. The second kappa shape index (κ2) is 5.96. The van der Waals surface area contributed by atoms with Crippen LogP contribution in [0.5, 0.6) is 0 Å². The lowest BCUT2D eigenvalue weighted by molar-refractivity contribution is -0.141. The molecule has 124 valence electrons. The third-order valence-corrected chi connectivity index (χ3v) is 4.43. The molecular weight excluding hydrogens is 288 g/mol. The van der Waals surface area contributed by atoms with E-state index < -0.39 is 0 Å². The molecule has 1 amide bonds. The Kier molecular flexibility index (Phi) is 4.15. The standard InChI is InChI=1S/C18H26N4O/c1-14-6-5-7-16-19-15(13-22(14)16)12-20-8-10-21(11-9-20)17(23)18(2,3)4/h5-7,13H,8-12H2,1-4H3. The van der Waals surface area contributed by atoms with Crippen molar-refractivity contribution in [1.82, 2.24) is 19.2 Å². The molecule has 0 spiro atoms. The highest BCUT2D eigenvalue weighted by molar-refractivity contribution is 5.81. The van der Waals surface area contributed by atoms with Gasteiger partial charge in [0.1, 0.15) is 5.65 Å². The van der Waals surface area contributed by atoms with E-state index in [1.54, 1.807) is 0 Å². The average molecular weight is 314 g/mol. The van der Waals surface area contributed by atoms with Gasteiger partial charge in [0.15, 0.2) is 0 Å². The molecule has 23 heavy (non-hydrogen) atoms. The van der Waals surface area contributed by atoms with Crippen LogP contribution in [0.15, 0.2) is 24.4 Å². The number of rotatable bonds is 2. The summed E-state index contributed by atoms with van der Waals surface area (Å²) in [5.74, 6) is 0.250. The van der Waals surface area contributed by atoms with E-state index in [0.717, 1.165) is 44.1 Å². The number of nitrogens with zero attached hydrogens (tertiary/aromatic N) is 4. The monoisotopic (exact) mass is 314 g/mol.